The molecule has 3 rings (SSSR count). The minimum absolute atomic E-state index is 0.0344. The molecule has 2 aromatic carbocycles. The number of hydrogen-bond donors (Lipinski definition) is 0. The Labute approximate surface area is 146 Å². The van der Waals surface area contributed by atoms with E-state index in [1.165, 1.54) is 13.2 Å². The van der Waals surface area contributed by atoms with Crippen LogP contribution >= 0.6 is 15.9 Å². The highest BCUT2D eigenvalue weighted by Gasteiger charge is 2.34. The van der Waals surface area contributed by atoms with Crippen molar-refractivity contribution < 1.29 is 19.1 Å². The van der Waals surface area contributed by atoms with Gasteiger partial charge in [-0.2, -0.15) is 0 Å². The average molecular weight is 392 g/mol. The summed E-state index contributed by atoms with van der Waals surface area (Å²) >= 11 is 3.37. The van der Waals surface area contributed by atoms with Crippen molar-refractivity contribution in [3.63, 3.8) is 0 Å². The Balaban J connectivity index is 2.10. The van der Waals surface area contributed by atoms with Crippen LogP contribution in [0.5, 0.6) is 17.2 Å². The fourth-order valence-electron chi connectivity index (χ4n) is 2.55. The van der Waals surface area contributed by atoms with Gasteiger partial charge in [0.25, 0.3) is 5.70 Å². The van der Waals surface area contributed by atoms with E-state index in [0.29, 0.717) is 28.4 Å². The van der Waals surface area contributed by atoms with Crippen molar-refractivity contribution in [2.75, 3.05) is 14.2 Å². The highest BCUT2D eigenvalue weighted by Crippen LogP contribution is 2.44. The van der Waals surface area contributed by atoms with Gasteiger partial charge in [0.2, 0.25) is 6.10 Å². The molecule has 0 saturated heterocycles. The van der Waals surface area contributed by atoms with Gasteiger partial charge in [0, 0.05) is 21.7 Å². The molecule has 0 saturated carbocycles. The van der Waals surface area contributed by atoms with E-state index in [2.05, 4.69) is 15.9 Å². The van der Waals surface area contributed by atoms with Crippen molar-refractivity contribution in [3.05, 3.63) is 67.8 Å². The number of nitro groups is 1. The summed E-state index contributed by atoms with van der Waals surface area (Å²) in [5, 5.41) is 11.5. The van der Waals surface area contributed by atoms with Crippen LogP contribution in [0.25, 0.3) is 6.08 Å². The Morgan fingerprint density at radius 3 is 2.46 bits per heavy atom. The first-order valence-corrected chi connectivity index (χ1v) is 7.87. The molecule has 6 nitrogen and oxygen atoms in total. The number of rotatable bonds is 4. The van der Waals surface area contributed by atoms with Gasteiger partial charge >= 0.3 is 0 Å². The predicted octanol–water partition coefficient (Wildman–Crippen LogP) is 4.22. The van der Waals surface area contributed by atoms with Gasteiger partial charge in [-0.3, -0.25) is 10.1 Å². The maximum absolute atomic E-state index is 11.5. The van der Waals surface area contributed by atoms with E-state index in [4.69, 9.17) is 14.2 Å². The topological polar surface area (TPSA) is 70.8 Å². The Morgan fingerprint density at radius 1 is 1.17 bits per heavy atom. The summed E-state index contributed by atoms with van der Waals surface area (Å²) in [4.78, 5) is 11.1. The van der Waals surface area contributed by atoms with E-state index in [1.807, 2.05) is 0 Å². The second-order valence-corrected chi connectivity index (χ2v) is 6.04. The van der Waals surface area contributed by atoms with E-state index in [0.717, 1.165) is 4.47 Å². The van der Waals surface area contributed by atoms with Gasteiger partial charge in [-0.05, 0) is 24.3 Å². The Bertz CT molecular complexity index is 816. The summed E-state index contributed by atoms with van der Waals surface area (Å²) in [6, 6.07) is 10.5. The first kappa shape index (κ1) is 16.3. The van der Waals surface area contributed by atoms with E-state index in [-0.39, 0.29) is 5.70 Å². The fourth-order valence-corrected chi connectivity index (χ4v) is 3.01. The monoisotopic (exact) mass is 391 g/mol. The second kappa shape index (κ2) is 6.52. The summed E-state index contributed by atoms with van der Waals surface area (Å²) in [5.74, 6) is 1.66. The van der Waals surface area contributed by atoms with Crippen LogP contribution in [0.4, 0.5) is 0 Å². The molecule has 124 valence electrons. The van der Waals surface area contributed by atoms with Crippen molar-refractivity contribution in [1.82, 2.24) is 0 Å². The van der Waals surface area contributed by atoms with Gasteiger partial charge in [-0.25, -0.2) is 0 Å². The van der Waals surface area contributed by atoms with E-state index in [1.54, 1.807) is 43.5 Å². The van der Waals surface area contributed by atoms with E-state index < -0.39 is 11.0 Å². The zero-order valence-electron chi connectivity index (χ0n) is 13.0. The van der Waals surface area contributed by atoms with Gasteiger partial charge < -0.3 is 14.2 Å². The SMILES string of the molecule is COc1ccc(C2Oc3c(cc(Br)cc3OC)C=C2[N+](=O)[O-])cc1. The standard InChI is InChI=1S/C17H14BrNO5/c1-22-13-5-3-10(4-6-13)16-14(19(20)21)8-11-7-12(18)9-15(23-2)17(11)24-16/h3-9,16H,1-2H3. The summed E-state index contributed by atoms with van der Waals surface area (Å²) in [7, 11) is 3.09. The van der Waals surface area contributed by atoms with Gasteiger partial charge in [0.05, 0.1) is 19.1 Å². The number of methoxy groups -OCH3 is 2. The minimum atomic E-state index is -0.825. The number of fused-ring (bicyclic) bond motifs is 1. The summed E-state index contributed by atoms with van der Waals surface area (Å²) in [6.45, 7) is 0. The van der Waals surface area contributed by atoms with Gasteiger partial charge in [-0.15, -0.1) is 0 Å². The Morgan fingerprint density at radius 2 is 1.88 bits per heavy atom. The third-order valence-electron chi connectivity index (χ3n) is 3.71. The maximum Gasteiger partial charge on any atom is 0.291 e. The number of benzene rings is 2. The molecule has 1 atom stereocenters. The van der Waals surface area contributed by atoms with Crippen LogP contribution in [0.15, 0.2) is 46.6 Å². The average Bonchev–Trinajstić information content (AvgIpc) is 2.59. The molecule has 0 radical (unpaired) electrons. The van der Waals surface area contributed by atoms with Gasteiger partial charge in [0.1, 0.15) is 5.75 Å². The van der Waals surface area contributed by atoms with Crippen molar-refractivity contribution in [3.8, 4) is 17.2 Å². The van der Waals surface area contributed by atoms with Crippen LogP contribution in [-0.2, 0) is 0 Å². The van der Waals surface area contributed by atoms with Crippen LogP contribution in [0, 0.1) is 10.1 Å². The Hall–Kier alpha value is -2.54. The van der Waals surface area contributed by atoms with Crippen LogP contribution in [0.3, 0.4) is 0 Å². The van der Waals surface area contributed by atoms with Crippen LogP contribution < -0.4 is 14.2 Å². The lowest BCUT2D eigenvalue weighted by Gasteiger charge is -2.24. The highest BCUT2D eigenvalue weighted by atomic mass is 79.9. The van der Waals surface area contributed by atoms with Crippen LogP contribution in [0.1, 0.15) is 17.2 Å². The number of halogens is 1. The molecule has 0 spiro atoms. The first-order chi connectivity index (χ1) is 11.5. The molecule has 2 aromatic rings. The molecule has 1 heterocycles. The molecule has 7 heteroatoms. The normalized spacial score (nSPS) is 15.8. The molecular formula is C17H14BrNO5. The van der Waals surface area contributed by atoms with E-state index in [9.17, 15) is 10.1 Å². The van der Waals surface area contributed by atoms with Crippen molar-refractivity contribution in [2.45, 2.75) is 6.10 Å². The van der Waals surface area contributed by atoms with Crippen molar-refractivity contribution >= 4 is 22.0 Å². The van der Waals surface area contributed by atoms with Crippen molar-refractivity contribution in [1.29, 1.82) is 0 Å². The first-order valence-electron chi connectivity index (χ1n) is 7.07. The smallest absolute Gasteiger partial charge is 0.291 e. The number of ether oxygens (including phenoxy) is 3. The molecule has 1 aliphatic rings. The van der Waals surface area contributed by atoms with Gasteiger partial charge in [0.15, 0.2) is 11.5 Å². The quantitative estimate of drug-likeness (QED) is 0.576. The van der Waals surface area contributed by atoms with Crippen molar-refractivity contribution in [2.24, 2.45) is 0 Å². The Kier molecular flexibility index (Phi) is 4.44. The van der Waals surface area contributed by atoms with E-state index >= 15 is 0 Å². The molecule has 24 heavy (non-hydrogen) atoms. The third-order valence-corrected chi connectivity index (χ3v) is 4.16. The lowest BCUT2D eigenvalue weighted by molar-refractivity contribution is -0.434. The third kappa shape index (κ3) is 2.94. The van der Waals surface area contributed by atoms with Crippen LogP contribution in [-0.4, -0.2) is 19.1 Å². The molecule has 0 aliphatic carbocycles. The minimum Gasteiger partial charge on any atom is -0.497 e. The molecule has 0 bridgehead atoms. The lowest BCUT2D eigenvalue weighted by Crippen LogP contribution is -2.20. The molecule has 0 aromatic heterocycles. The largest absolute Gasteiger partial charge is 0.497 e. The number of hydrogen-bond acceptors (Lipinski definition) is 5. The molecule has 1 aliphatic heterocycles. The maximum atomic E-state index is 11.5. The van der Waals surface area contributed by atoms with Gasteiger partial charge in [-0.1, -0.05) is 28.1 Å². The molecule has 1 unspecified atom stereocenters. The zero-order valence-corrected chi connectivity index (χ0v) is 14.6. The highest BCUT2D eigenvalue weighted by molar-refractivity contribution is 9.10. The molecule has 0 N–H and O–H groups in total. The second-order valence-electron chi connectivity index (χ2n) is 5.12. The summed E-state index contributed by atoms with van der Waals surface area (Å²) in [5.41, 5.74) is 1.22. The fraction of sp³-hybridized carbons (Fsp3) is 0.176. The lowest BCUT2D eigenvalue weighted by atomic mass is 10.0. The zero-order chi connectivity index (χ0) is 17.3. The molecule has 0 amide bonds. The summed E-state index contributed by atoms with van der Waals surface area (Å²) in [6.07, 6.45) is 0.689. The molecular weight excluding hydrogens is 378 g/mol. The predicted molar refractivity (Wildman–Crippen MR) is 92.0 cm³/mol. The molecule has 0 fully saturated rings. The van der Waals surface area contributed by atoms with Crippen LogP contribution in [0.2, 0.25) is 0 Å². The summed E-state index contributed by atoms with van der Waals surface area (Å²) < 4.78 is 17.2. The number of nitrogens with zero attached hydrogens (tertiary/aromatic N) is 1.